The summed E-state index contributed by atoms with van der Waals surface area (Å²) in [6.07, 6.45) is 3.55. The predicted molar refractivity (Wildman–Crippen MR) is 58.7 cm³/mol. The van der Waals surface area contributed by atoms with E-state index in [1.54, 1.807) is 0 Å². The van der Waals surface area contributed by atoms with Crippen LogP contribution in [0.4, 0.5) is 0 Å². The van der Waals surface area contributed by atoms with Crippen LogP contribution in [0.25, 0.3) is 0 Å². The molecule has 1 aromatic carbocycles. The molecule has 0 saturated carbocycles. The molecule has 1 aliphatic carbocycles. The van der Waals surface area contributed by atoms with E-state index in [-0.39, 0.29) is 6.04 Å². The van der Waals surface area contributed by atoms with Crippen molar-refractivity contribution in [2.75, 3.05) is 0 Å². The maximum absolute atomic E-state index is 6.04. The van der Waals surface area contributed by atoms with E-state index < -0.39 is 0 Å². The Morgan fingerprint density at radius 2 is 2.23 bits per heavy atom. The van der Waals surface area contributed by atoms with Gasteiger partial charge >= 0.3 is 0 Å². The van der Waals surface area contributed by atoms with Crippen molar-refractivity contribution in [2.45, 2.75) is 32.2 Å². The Bertz CT molecular complexity index is 333. The zero-order chi connectivity index (χ0) is 9.42. The molecular formula is C11H14BrN. The van der Waals surface area contributed by atoms with Crippen LogP contribution in [0.1, 0.15) is 35.6 Å². The van der Waals surface area contributed by atoms with E-state index in [1.807, 2.05) is 0 Å². The van der Waals surface area contributed by atoms with Gasteiger partial charge in [-0.15, -0.1) is 0 Å². The first kappa shape index (κ1) is 9.22. The molecule has 2 heteroatoms. The van der Waals surface area contributed by atoms with E-state index in [0.29, 0.717) is 0 Å². The minimum absolute atomic E-state index is 0.251. The standard InChI is InChI=1S/C11H14BrN/c1-7-5-8-3-2-4-11(13)9(8)6-10(7)12/h5-6,11H,2-4,13H2,1H3. The molecule has 1 nitrogen and oxygen atoms in total. The van der Waals surface area contributed by atoms with Crippen molar-refractivity contribution in [1.82, 2.24) is 0 Å². The van der Waals surface area contributed by atoms with Crippen LogP contribution in [0.3, 0.4) is 0 Å². The maximum Gasteiger partial charge on any atom is 0.0298 e. The lowest BCUT2D eigenvalue weighted by Crippen LogP contribution is -2.17. The molecule has 13 heavy (non-hydrogen) atoms. The van der Waals surface area contributed by atoms with E-state index in [1.165, 1.54) is 34.0 Å². The van der Waals surface area contributed by atoms with E-state index >= 15 is 0 Å². The fourth-order valence-electron chi connectivity index (χ4n) is 1.99. The van der Waals surface area contributed by atoms with Gasteiger partial charge in [0.15, 0.2) is 0 Å². The van der Waals surface area contributed by atoms with Crippen LogP contribution in [-0.2, 0) is 6.42 Å². The molecule has 0 radical (unpaired) electrons. The molecule has 0 heterocycles. The summed E-state index contributed by atoms with van der Waals surface area (Å²) in [6, 6.07) is 4.70. The fourth-order valence-corrected chi connectivity index (χ4v) is 2.35. The van der Waals surface area contributed by atoms with Gasteiger partial charge < -0.3 is 5.73 Å². The van der Waals surface area contributed by atoms with E-state index in [0.717, 1.165) is 6.42 Å². The molecule has 0 bridgehead atoms. The van der Waals surface area contributed by atoms with Crippen molar-refractivity contribution in [2.24, 2.45) is 5.73 Å². The van der Waals surface area contributed by atoms with E-state index in [9.17, 15) is 0 Å². The summed E-state index contributed by atoms with van der Waals surface area (Å²) < 4.78 is 1.18. The summed E-state index contributed by atoms with van der Waals surface area (Å²) in [5, 5.41) is 0. The number of nitrogens with two attached hydrogens (primary N) is 1. The molecule has 1 atom stereocenters. The van der Waals surface area contributed by atoms with Gasteiger partial charge in [-0.2, -0.15) is 0 Å². The van der Waals surface area contributed by atoms with E-state index in [2.05, 4.69) is 35.0 Å². The summed E-state index contributed by atoms with van der Waals surface area (Å²) in [5.74, 6) is 0. The van der Waals surface area contributed by atoms with Crippen LogP contribution < -0.4 is 5.73 Å². The molecule has 0 aromatic heterocycles. The number of fused-ring (bicyclic) bond motifs is 1. The summed E-state index contributed by atoms with van der Waals surface area (Å²) in [4.78, 5) is 0. The summed E-state index contributed by atoms with van der Waals surface area (Å²) >= 11 is 3.55. The predicted octanol–water partition coefficient (Wildman–Crippen LogP) is 3.09. The SMILES string of the molecule is Cc1cc2c(cc1Br)C(N)CCC2. The highest BCUT2D eigenvalue weighted by Crippen LogP contribution is 2.31. The third-order valence-electron chi connectivity index (χ3n) is 2.78. The third kappa shape index (κ3) is 1.65. The molecule has 1 aromatic rings. The Morgan fingerprint density at radius 3 is 3.00 bits per heavy atom. The quantitative estimate of drug-likeness (QED) is 0.740. The minimum Gasteiger partial charge on any atom is -0.324 e. The van der Waals surface area contributed by atoms with Gasteiger partial charge in [0.2, 0.25) is 0 Å². The van der Waals surface area contributed by atoms with Crippen LogP contribution in [0.2, 0.25) is 0 Å². The van der Waals surface area contributed by atoms with Crippen LogP contribution in [-0.4, -0.2) is 0 Å². The third-order valence-corrected chi connectivity index (χ3v) is 3.64. The zero-order valence-corrected chi connectivity index (χ0v) is 9.39. The lowest BCUT2D eigenvalue weighted by atomic mass is 9.87. The van der Waals surface area contributed by atoms with Gasteiger partial charge in [0.1, 0.15) is 0 Å². The van der Waals surface area contributed by atoms with Crippen LogP contribution in [0.5, 0.6) is 0 Å². The number of aryl methyl sites for hydroxylation is 2. The van der Waals surface area contributed by atoms with Crippen LogP contribution in [0, 0.1) is 6.92 Å². The Balaban J connectivity index is 2.52. The Morgan fingerprint density at radius 1 is 1.46 bits per heavy atom. The highest BCUT2D eigenvalue weighted by molar-refractivity contribution is 9.10. The largest absolute Gasteiger partial charge is 0.324 e. The molecule has 2 rings (SSSR count). The second-order valence-electron chi connectivity index (χ2n) is 3.80. The zero-order valence-electron chi connectivity index (χ0n) is 7.81. The van der Waals surface area contributed by atoms with Gasteiger partial charge in [-0.1, -0.05) is 22.0 Å². The summed E-state index contributed by atoms with van der Waals surface area (Å²) in [5.41, 5.74) is 10.1. The molecule has 0 amide bonds. The van der Waals surface area contributed by atoms with Gasteiger partial charge in [0.05, 0.1) is 0 Å². The molecule has 1 aliphatic rings. The molecule has 2 N–H and O–H groups in total. The molecule has 0 fully saturated rings. The molecular weight excluding hydrogens is 226 g/mol. The number of hydrogen-bond donors (Lipinski definition) is 1. The van der Waals surface area contributed by atoms with Gasteiger partial charge in [0.25, 0.3) is 0 Å². The van der Waals surface area contributed by atoms with Crippen LogP contribution in [0.15, 0.2) is 16.6 Å². The number of rotatable bonds is 0. The first-order chi connectivity index (χ1) is 6.18. The van der Waals surface area contributed by atoms with Crippen molar-refractivity contribution < 1.29 is 0 Å². The van der Waals surface area contributed by atoms with E-state index in [4.69, 9.17) is 5.73 Å². The first-order valence-corrected chi connectivity index (χ1v) is 5.52. The normalized spacial score (nSPS) is 21.3. The maximum atomic E-state index is 6.04. The minimum atomic E-state index is 0.251. The topological polar surface area (TPSA) is 26.0 Å². The molecule has 0 aliphatic heterocycles. The highest BCUT2D eigenvalue weighted by atomic mass is 79.9. The first-order valence-electron chi connectivity index (χ1n) is 4.73. The van der Waals surface area contributed by atoms with Gasteiger partial charge in [-0.3, -0.25) is 0 Å². The molecule has 0 spiro atoms. The number of benzene rings is 1. The number of halogens is 1. The second-order valence-corrected chi connectivity index (χ2v) is 4.65. The van der Waals surface area contributed by atoms with Crippen molar-refractivity contribution >= 4 is 15.9 Å². The lowest BCUT2D eigenvalue weighted by molar-refractivity contribution is 0.570. The summed E-state index contributed by atoms with van der Waals surface area (Å²) in [6.45, 7) is 2.13. The smallest absolute Gasteiger partial charge is 0.0298 e. The van der Waals surface area contributed by atoms with Crippen molar-refractivity contribution in [3.05, 3.63) is 33.3 Å². The van der Waals surface area contributed by atoms with Crippen molar-refractivity contribution in [1.29, 1.82) is 0 Å². The molecule has 70 valence electrons. The van der Waals surface area contributed by atoms with Gasteiger partial charge in [-0.05, 0) is 48.9 Å². The highest BCUT2D eigenvalue weighted by Gasteiger charge is 2.17. The molecule has 1 unspecified atom stereocenters. The second kappa shape index (κ2) is 3.43. The fraction of sp³-hybridized carbons (Fsp3) is 0.455. The Hall–Kier alpha value is -0.340. The van der Waals surface area contributed by atoms with Crippen LogP contribution >= 0.6 is 15.9 Å². The van der Waals surface area contributed by atoms with Gasteiger partial charge in [-0.25, -0.2) is 0 Å². The molecule has 0 saturated heterocycles. The average Bonchev–Trinajstić information content (AvgIpc) is 2.09. The Labute approximate surface area is 87.5 Å². The number of hydrogen-bond acceptors (Lipinski definition) is 1. The van der Waals surface area contributed by atoms with Gasteiger partial charge in [0, 0.05) is 10.5 Å². The van der Waals surface area contributed by atoms with Crippen molar-refractivity contribution in [3.63, 3.8) is 0 Å². The average molecular weight is 240 g/mol. The van der Waals surface area contributed by atoms with Crippen molar-refractivity contribution in [3.8, 4) is 0 Å². The summed E-state index contributed by atoms with van der Waals surface area (Å²) in [7, 11) is 0. The Kier molecular flexibility index (Phi) is 2.43. The monoisotopic (exact) mass is 239 g/mol. The lowest BCUT2D eigenvalue weighted by Gasteiger charge is -2.23.